The maximum Gasteiger partial charge on any atom is 0.278 e. The smallest absolute Gasteiger partial charge is 0.278 e. The third-order valence-corrected chi connectivity index (χ3v) is 6.04. The highest BCUT2D eigenvalue weighted by Gasteiger charge is 2.23. The first-order valence-corrected chi connectivity index (χ1v) is 10.6. The molecule has 2 aromatic heterocycles. The van der Waals surface area contributed by atoms with Gasteiger partial charge in [-0.05, 0) is 42.2 Å². The Morgan fingerprint density at radius 2 is 2.00 bits per heavy atom. The van der Waals surface area contributed by atoms with Crippen LogP contribution in [-0.2, 0) is 24.8 Å². The second-order valence-corrected chi connectivity index (χ2v) is 8.04. The number of anilines is 1. The number of aryl methyl sites for hydroxylation is 2. The van der Waals surface area contributed by atoms with Crippen molar-refractivity contribution in [3.8, 4) is 16.9 Å². The third-order valence-electron chi connectivity index (χ3n) is 6.04. The van der Waals surface area contributed by atoms with Crippen molar-refractivity contribution in [2.75, 3.05) is 18.6 Å². The van der Waals surface area contributed by atoms with Gasteiger partial charge in [-0.1, -0.05) is 30.3 Å². The van der Waals surface area contributed by atoms with Crippen molar-refractivity contribution < 1.29 is 9.53 Å². The lowest BCUT2D eigenvalue weighted by Gasteiger charge is -2.29. The fraction of sp³-hybridized carbons (Fsp3) is 0.240. The van der Waals surface area contributed by atoms with Gasteiger partial charge in [0.15, 0.2) is 0 Å². The number of para-hydroxylation sites is 1. The Morgan fingerprint density at radius 3 is 2.84 bits per heavy atom. The first-order valence-electron chi connectivity index (χ1n) is 10.6. The Kier molecular flexibility index (Phi) is 5.01. The summed E-state index contributed by atoms with van der Waals surface area (Å²) in [6.45, 7) is 0.611. The fourth-order valence-electron chi connectivity index (χ4n) is 4.45. The van der Waals surface area contributed by atoms with Gasteiger partial charge in [0, 0.05) is 31.0 Å². The quantitative estimate of drug-likeness (QED) is 0.500. The van der Waals surface area contributed by atoms with Crippen LogP contribution < -0.4 is 15.2 Å². The minimum Gasteiger partial charge on any atom is -0.497 e. The SMILES string of the molecule is COc1cccc(-c2cn(C)c3c(=O)n(CC(=O)N4CCCc5ccccc54)cnc23)c1. The van der Waals surface area contributed by atoms with Gasteiger partial charge in [-0.25, -0.2) is 4.98 Å². The lowest BCUT2D eigenvalue weighted by atomic mass is 10.0. The zero-order valence-corrected chi connectivity index (χ0v) is 18.1. The zero-order valence-electron chi connectivity index (χ0n) is 18.1. The predicted molar refractivity (Wildman–Crippen MR) is 124 cm³/mol. The topological polar surface area (TPSA) is 69.4 Å². The number of carbonyl (C=O) groups excluding carboxylic acids is 1. The van der Waals surface area contributed by atoms with Crippen LogP contribution in [0.25, 0.3) is 22.2 Å². The molecule has 1 amide bonds. The van der Waals surface area contributed by atoms with Gasteiger partial charge in [0.05, 0.1) is 13.4 Å². The monoisotopic (exact) mass is 428 g/mol. The van der Waals surface area contributed by atoms with E-state index in [4.69, 9.17) is 4.74 Å². The fourth-order valence-corrected chi connectivity index (χ4v) is 4.45. The lowest BCUT2D eigenvalue weighted by molar-refractivity contribution is -0.119. The number of benzene rings is 2. The van der Waals surface area contributed by atoms with E-state index in [0.29, 0.717) is 17.6 Å². The summed E-state index contributed by atoms with van der Waals surface area (Å²) < 4.78 is 8.50. The van der Waals surface area contributed by atoms with Crippen molar-refractivity contribution in [3.63, 3.8) is 0 Å². The molecule has 4 aromatic rings. The number of methoxy groups -OCH3 is 1. The number of hydrogen-bond acceptors (Lipinski definition) is 4. The van der Waals surface area contributed by atoms with E-state index in [-0.39, 0.29) is 18.0 Å². The summed E-state index contributed by atoms with van der Waals surface area (Å²) in [5.41, 5.74) is 4.71. The summed E-state index contributed by atoms with van der Waals surface area (Å²) in [5.74, 6) is 0.628. The molecular formula is C25H24N4O3. The van der Waals surface area contributed by atoms with Crippen LogP contribution in [0.3, 0.4) is 0 Å². The molecule has 7 nitrogen and oxygen atoms in total. The van der Waals surface area contributed by atoms with E-state index in [1.165, 1.54) is 16.5 Å². The van der Waals surface area contributed by atoms with Crippen LogP contribution in [0.5, 0.6) is 5.75 Å². The number of ether oxygens (including phenoxy) is 1. The maximum absolute atomic E-state index is 13.3. The number of fused-ring (bicyclic) bond motifs is 2. The van der Waals surface area contributed by atoms with Crippen LogP contribution >= 0.6 is 0 Å². The van der Waals surface area contributed by atoms with Crippen LogP contribution in [0.15, 0.2) is 65.8 Å². The largest absolute Gasteiger partial charge is 0.497 e. The molecule has 2 aromatic carbocycles. The van der Waals surface area contributed by atoms with Gasteiger partial charge in [0.25, 0.3) is 5.56 Å². The van der Waals surface area contributed by atoms with Gasteiger partial charge in [0.1, 0.15) is 23.3 Å². The number of rotatable bonds is 4. The number of carbonyl (C=O) groups is 1. The molecule has 3 heterocycles. The molecule has 5 rings (SSSR count). The van der Waals surface area contributed by atoms with Crippen LogP contribution in [0.4, 0.5) is 5.69 Å². The Labute approximate surface area is 185 Å². The molecule has 0 bridgehead atoms. The Morgan fingerprint density at radius 1 is 1.16 bits per heavy atom. The van der Waals surface area contributed by atoms with Gasteiger partial charge >= 0.3 is 0 Å². The average molecular weight is 428 g/mol. The van der Waals surface area contributed by atoms with Crippen molar-refractivity contribution >= 4 is 22.6 Å². The van der Waals surface area contributed by atoms with E-state index < -0.39 is 0 Å². The zero-order chi connectivity index (χ0) is 22.2. The summed E-state index contributed by atoms with van der Waals surface area (Å²) in [6.07, 6.45) is 5.24. The van der Waals surface area contributed by atoms with Gasteiger partial charge in [-0.15, -0.1) is 0 Å². The first kappa shape index (κ1) is 20.1. The van der Waals surface area contributed by atoms with Crippen LogP contribution in [0, 0.1) is 0 Å². The van der Waals surface area contributed by atoms with E-state index in [9.17, 15) is 9.59 Å². The van der Waals surface area contributed by atoms with Gasteiger partial charge in [-0.2, -0.15) is 0 Å². The molecule has 0 radical (unpaired) electrons. The molecule has 1 aliphatic rings. The predicted octanol–water partition coefficient (Wildman–Crippen LogP) is 3.39. The molecule has 0 unspecified atom stereocenters. The van der Waals surface area contributed by atoms with Crippen LogP contribution in [0.1, 0.15) is 12.0 Å². The normalized spacial score (nSPS) is 13.2. The van der Waals surface area contributed by atoms with Gasteiger partial charge in [-0.3, -0.25) is 14.2 Å². The second-order valence-electron chi connectivity index (χ2n) is 8.04. The highest BCUT2D eigenvalue weighted by atomic mass is 16.5. The van der Waals surface area contributed by atoms with E-state index in [2.05, 4.69) is 11.1 Å². The second kappa shape index (κ2) is 8.00. The van der Waals surface area contributed by atoms with Crippen molar-refractivity contribution in [2.45, 2.75) is 19.4 Å². The van der Waals surface area contributed by atoms with E-state index in [1.807, 2.05) is 55.7 Å². The van der Waals surface area contributed by atoms with Gasteiger partial charge < -0.3 is 14.2 Å². The summed E-state index contributed by atoms with van der Waals surface area (Å²) in [7, 11) is 3.44. The molecule has 0 spiro atoms. The Hall–Kier alpha value is -3.87. The molecular weight excluding hydrogens is 404 g/mol. The van der Waals surface area contributed by atoms with E-state index in [1.54, 1.807) is 16.6 Å². The number of aromatic nitrogens is 3. The summed E-state index contributed by atoms with van der Waals surface area (Å²) in [5, 5.41) is 0. The molecule has 0 atom stereocenters. The lowest BCUT2D eigenvalue weighted by Crippen LogP contribution is -2.39. The first-order chi connectivity index (χ1) is 15.6. The molecule has 0 fully saturated rings. The van der Waals surface area contributed by atoms with Crippen LogP contribution in [-0.4, -0.2) is 33.7 Å². The highest BCUT2D eigenvalue weighted by molar-refractivity contribution is 5.95. The highest BCUT2D eigenvalue weighted by Crippen LogP contribution is 2.30. The Balaban J connectivity index is 1.50. The van der Waals surface area contributed by atoms with Crippen molar-refractivity contribution in [3.05, 3.63) is 77.0 Å². The molecule has 0 saturated carbocycles. The molecule has 162 valence electrons. The van der Waals surface area contributed by atoms with Gasteiger partial charge in [0.2, 0.25) is 5.91 Å². The third kappa shape index (κ3) is 3.36. The molecule has 1 aliphatic heterocycles. The minimum atomic E-state index is -0.231. The number of amides is 1. The molecule has 0 aliphatic carbocycles. The molecule has 7 heteroatoms. The van der Waals surface area contributed by atoms with Crippen molar-refractivity contribution in [1.29, 1.82) is 0 Å². The minimum absolute atomic E-state index is 0.0459. The summed E-state index contributed by atoms with van der Waals surface area (Å²) >= 11 is 0. The van der Waals surface area contributed by atoms with Crippen molar-refractivity contribution in [2.24, 2.45) is 7.05 Å². The summed E-state index contributed by atoms with van der Waals surface area (Å²) in [4.78, 5) is 32.8. The van der Waals surface area contributed by atoms with E-state index in [0.717, 1.165) is 35.4 Å². The molecule has 32 heavy (non-hydrogen) atoms. The standard InChI is InChI=1S/C25H24N4O3/c1-27-14-20(18-8-5-10-19(13-18)32-2)23-24(27)25(31)28(16-26-23)15-22(30)29-12-6-9-17-7-3-4-11-21(17)29/h3-5,7-8,10-11,13-14,16H,6,9,12,15H2,1-2H3. The number of nitrogens with zero attached hydrogens (tertiary/aromatic N) is 4. The number of hydrogen-bond donors (Lipinski definition) is 0. The Bertz CT molecular complexity index is 1390. The van der Waals surface area contributed by atoms with Crippen molar-refractivity contribution in [1.82, 2.24) is 14.1 Å². The van der Waals surface area contributed by atoms with E-state index >= 15 is 0 Å². The maximum atomic E-state index is 13.3. The summed E-state index contributed by atoms with van der Waals surface area (Å²) in [6, 6.07) is 15.6. The molecule has 0 saturated heterocycles. The van der Waals surface area contributed by atoms with Crippen LogP contribution in [0.2, 0.25) is 0 Å². The average Bonchev–Trinajstić information content (AvgIpc) is 3.17. The molecule has 0 N–H and O–H groups in total.